The number of hydrogen-bond donors (Lipinski definition) is 3. The van der Waals surface area contributed by atoms with Crippen molar-refractivity contribution in [2.24, 2.45) is 10.9 Å². The van der Waals surface area contributed by atoms with Crippen molar-refractivity contribution in [2.75, 3.05) is 6.54 Å². The molecule has 1 atom stereocenters. The van der Waals surface area contributed by atoms with Crippen LogP contribution in [-0.2, 0) is 9.59 Å². The number of nitrogens with one attached hydrogen (secondary N) is 2. The minimum Gasteiger partial charge on any atom is -0.391 e. The average molecular weight is 197 g/mol. The van der Waals surface area contributed by atoms with Gasteiger partial charge in [-0.1, -0.05) is 0 Å². The molecule has 1 unspecified atom stereocenters. The number of aliphatic imine (C=N–C) groups is 1. The van der Waals surface area contributed by atoms with Gasteiger partial charge in [0.2, 0.25) is 5.96 Å². The lowest BCUT2D eigenvalue weighted by Crippen LogP contribution is -2.27. The Labute approximate surface area is 80.4 Å². The van der Waals surface area contributed by atoms with Crippen molar-refractivity contribution < 1.29 is 14.7 Å². The second-order valence-electron chi connectivity index (χ2n) is 3.50. The summed E-state index contributed by atoms with van der Waals surface area (Å²) >= 11 is 0. The maximum absolute atomic E-state index is 10.7. The van der Waals surface area contributed by atoms with Crippen LogP contribution in [0.2, 0.25) is 0 Å². The zero-order valence-electron chi connectivity index (χ0n) is 7.49. The molecule has 1 aliphatic carbocycles. The molecule has 0 aromatic rings. The molecule has 3 N–H and O–H groups in total. The summed E-state index contributed by atoms with van der Waals surface area (Å²) in [5, 5.41) is 14.0. The third-order valence-electron chi connectivity index (χ3n) is 2.27. The molecule has 6 heteroatoms. The monoisotopic (exact) mass is 197 g/mol. The summed E-state index contributed by atoms with van der Waals surface area (Å²) in [6.07, 6.45) is 1.60. The number of aliphatic hydroxyl groups excluding tert-OH is 1. The molecule has 1 aliphatic heterocycles. The van der Waals surface area contributed by atoms with E-state index in [9.17, 15) is 14.7 Å². The van der Waals surface area contributed by atoms with Crippen molar-refractivity contribution in [3.63, 3.8) is 0 Å². The quantitative estimate of drug-likeness (QED) is 0.474. The number of carbonyl (C=O) groups is 2. The molecule has 1 saturated heterocycles. The fourth-order valence-corrected chi connectivity index (χ4v) is 1.25. The summed E-state index contributed by atoms with van der Waals surface area (Å²) in [4.78, 5) is 25.3. The van der Waals surface area contributed by atoms with Gasteiger partial charge >= 0.3 is 11.8 Å². The van der Waals surface area contributed by atoms with E-state index in [1.54, 1.807) is 0 Å². The van der Waals surface area contributed by atoms with Gasteiger partial charge in [0, 0.05) is 0 Å². The smallest absolute Gasteiger partial charge is 0.316 e. The van der Waals surface area contributed by atoms with Gasteiger partial charge in [-0.2, -0.15) is 0 Å². The lowest BCUT2D eigenvalue weighted by atomic mass is 10.2. The van der Waals surface area contributed by atoms with E-state index in [0.29, 0.717) is 5.92 Å². The molecule has 76 valence electrons. The number of amides is 2. The Hall–Kier alpha value is -1.43. The van der Waals surface area contributed by atoms with E-state index in [4.69, 9.17) is 0 Å². The predicted molar refractivity (Wildman–Crippen MR) is 47.3 cm³/mol. The molecule has 2 rings (SSSR count). The van der Waals surface area contributed by atoms with E-state index in [1.165, 1.54) is 0 Å². The normalized spacial score (nSPS) is 23.1. The van der Waals surface area contributed by atoms with E-state index in [1.807, 2.05) is 0 Å². The Balaban J connectivity index is 1.86. The third-order valence-corrected chi connectivity index (χ3v) is 2.27. The van der Waals surface area contributed by atoms with Crippen LogP contribution in [0.3, 0.4) is 0 Å². The van der Waals surface area contributed by atoms with Crippen LogP contribution in [-0.4, -0.2) is 35.5 Å². The molecule has 6 nitrogen and oxygen atoms in total. The number of rotatable bonds is 3. The number of carbonyl (C=O) groups excluding carboxylic acids is 2. The fourth-order valence-electron chi connectivity index (χ4n) is 1.25. The SMILES string of the molecule is O=C1NC(=NCC(O)C2CC2)NC1=O. The maximum atomic E-state index is 10.7. The molecule has 0 spiro atoms. The van der Waals surface area contributed by atoms with Gasteiger partial charge in [-0.3, -0.25) is 20.2 Å². The molecule has 0 aromatic carbocycles. The van der Waals surface area contributed by atoms with Crippen LogP contribution in [0.5, 0.6) is 0 Å². The van der Waals surface area contributed by atoms with Crippen molar-refractivity contribution in [1.82, 2.24) is 10.6 Å². The van der Waals surface area contributed by atoms with Gasteiger partial charge in [-0.05, 0) is 18.8 Å². The Bertz CT molecular complexity index is 291. The molecule has 0 bridgehead atoms. The molecule has 1 heterocycles. The van der Waals surface area contributed by atoms with Gasteiger partial charge < -0.3 is 5.11 Å². The molecule has 0 aromatic heterocycles. The van der Waals surface area contributed by atoms with E-state index in [0.717, 1.165) is 12.8 Å². The van der Waals surface area contributed by atoms with Crippen LogP contribution >= 0.6 is 0 Å². The zero-order chi connectivity index (χ0) is 10.1. The molecule has 2 aliphatic rings. The first-order chi connectivity index (χ1) is 6.66. The molecule has 14 heavy (non-hydrogen) atoms. The first kappa shape index (κ1) is 9.14. The van der Waals surface area contributed by atoms with Gasteiger partial charge in [0.15, 0.2) is 0 Å². The Morgan fingerprint density at radius 2 is 1.93 bits per heavy atom. The fraction of sp³-hybridized carbons (Fsp3) is 0.625. The maximum Gasteiger partial charge on any atom is 0.316 e. The number of guanidine groups is 1. The predicted octanol–water partition coefficient (Wildman–Crippen LogP) is -1.64. The largest absolute Gasteiger partial charge is 0.391 e. The molecule has 2 amide bonds. The van der Waals surface area contributed by atoms with Crippen molar-refractivity contribution in [1.29, 1.82) is 0 Å². The van der Waals surface area contributed by atoms with Crippen molar-refractivity contribution in [3.05, 3.63) is 0 Å². The van der Waals surface area contributed by atoms with Crippen LogP contribution < -0.4 is 10.6 Å². The minimum atomic E-state index is -0.704. The standard InChI is InChI=1S/C8H11N3O3/c12-5(4-1-2-4)3-9-8-10-6(13)7(14)11-8/h4-5,12H,1-3H2,(H2,9,10,11,13,14). The Kier molecular flexibility index (Phi) is 2.20. The molecular formula is C8H11N3O3. The van der Waals surface area contributed by atoms with Crippen LogP contribution in [0.1, 0.15) is 12.8 Å². The molecule has 1 saturated carbocycles. The average Bonchev–Trinajstić information content (AvgIpc) is 2.92. The van der Waals surface area contributed by atoms with Crippen LogP contribution in [0.15, 0.2) is 4.99 Å². The minimum absolute atomic E-state index is 0.139. The summed E-state index contributed by atoms with van der Waals surface area (Å²) in [6.45, 7) is 0.223. The summed E-state index contributed by atoms with van der Waals surface area (Å²) in [5.41, 5.74) is 0. The molecule has 2 fully saturated rings. The highest BCUT2D eigenvalue weighted by atomic mass is 16.3. The molecular weight excluding hydrogens is 186 g/mol. The first-order valence-electron chi connectivity index (χ1n) is 4.51. The highest BCUT2D eigenvalue weighted by Crippen LogP contribution is 2.32. The lowest BCUT2D eigenvalue weighted by molar-refractivity contribution is -0.135. The summed E-state index contributed by atoms with van der Waals surface area (Å²) in [6, 6.07) is 0. The van der Waals surface area contributed by atoms with E-state index in [2.05, 4.69) is 15.6 Å². The van der Waals surface area contributed by atoms with Crippen molar-refractivity contribution >= 4 is 17.8 Å². The van der Waals surface area contributed by atoms with Crippen molar-refractivity contribution in [3.8, 4) is 0 Å². The second-order valence-corrected chi connectivity index (χ2v) is 3.50. The van der Waals surface area contributed by atoms with Crippen molar-refractivity contribution in [2.45, 2.75) is 18.9 Å². The second kappa shape index (κ2) is 3.38. The van der Waals surface area contributed by atoms with Gasteiger partial charge in [0.1, 0.15) is 0 Å². The summed E-state index contributed by atoms with van der Waals surface area (Å²) < 4.78 is 0. The van der Waals surface area contributed by atoms with Gasteiger partial charge in [-0.25, -0.2) is 4.99 Å². The topological polar surface area (TPSA) is 90.8 Å². The number of nitrogens with zero attached hydrogens (tertiary/aromatic N) is 1. The third kappa shape index (κ3) is 1.90. The van der Waals surface area contributed by atoms with Crippen LogP contribution in [0.25, 0.3) is 0 Å². The van der Waals surface area contributed by atoms with Gasteiger partial charge in [0.25, 0.3) is 0 Å². The highest BCUT2D eigenvalue weighted by Gasteiger charge is 2.30. The van der Waals surface area contributed by atoms with Gasteiger partial charge in [-0.15, -0.1) is 0 Å². The van der Waals surface area contributed by atoms with E-state index in [-0.39, 0.29) is 12.5 Å². The van der Waals surface area contributed by atoms with Crippen LogP contribution in [0.4, 0.5) is 0 Å². The number of hydrogen-bond acceptors (Lipinski definition) is 4. The lowest BCUT2D eigenvalue weighted by Gasteiger charge is -2.04. The Morgan fingerprint density at radius 3 is 2.43 bits per heavy atom. The molecule has 0 radical (unpaired) electrons. The first-order valence-corrected chi connectivity index (χ1v) is 4.51. The van der Waals surface area contributed by atoms with Crippen LogP contribution in [0, 0.1) is 5.92 Å². The number of aliphatic hydroxyl groups is 1. The summed E-state index contributed by atoms with van der Waals surface area (Å²) in [5.74, 6) is -0.929. The van der Waals surface area contributed by atoms with E-state index < -0.39 is 17.9 Å². The van der Waals surface area contributed by atoms with E-state index >= 15 is 0 Å². The summed E-state index contributed by atoms with van der Waals surface area (Å²) in [7, 11) is 0. The van der Waals surface area contributed by atoms with Gasteiger partial charge in [0.05, 0.1) is 12.6 Å². The highest BCUT2D eigenvalue weighted by molar-refractivity contribution is 6.45. The zero-order valence-corrected chi connectivity index (χ0v) is 7.49. The Morgan fingerprint density at radius 1 is 1.36 bits per heavy atom.